The molecular weight excluding hydrogens is 296 g/mol. The van der Waals surface area contributed by atoms with E-state index >= 15 is 0 Å². The summed E-state index contributed by atoms with van der Waals surface area (Å²) in [6.07, 6.45) is 1.66. The van der Waals surface area contributed by atoms with E-state index in [1.54, 1.807) is 36.0 Å². The number of aromatic nitrogens is 1. The maximum absolute atomic E-state index is 13.3. The first kappa shape index (κ1) is 13.8. The predicted octanol–water partition coefficient (Wildman–Crippen LogP) is 4.34. The van der Waals surface area contributed by atoms with E-state index in [0.717, 1.165) is 23.0 Å². The Morgan fingerprint density at radius 2 is 1.86 bits per heavy atom. The summed E-state index contributed by atoms with van der Waals surface area (Å²) < 4.78 is 28.0. The molecule has 3 aromatic rings. The quantitative estimate of drug-likeness (QED) is 0.646. The van der Waals surface area contributed by atoms with Crippen molar-refractivity contribution in [2.75, 3.05) is 0 Å². The predicted molar refractivity (Wildman–Crippen MR) is 77.7 cm³/mol. The van der Waals surface area contributed by atoms with Gasteiger partial charge in [-0.1, -0.05) is 17.7 Å². The lowest BCUT2D eigenvalue weighted by molar-refractivity contribution is 0.103. The van der Waals surface area contributed by atoms with E-state index in [4.69, 9.17) is 11.6 Å². The van der Waals surface area contributed by atoms with Crippen LogP contribution in [0.3, 0.4) is 0 Å². The normalized spacial score (nSPS) is 11.0. The average Bonchev–Trinajstić information content (AvgIpc) is 2.78. The molecule has 0 spiro atoms. The monoisotopic (exact) mass is 305 g/mol. The van der Waals surface area contributed by atoms with Gasteiger partial charge in [-0.3, -0.25) is 4.79 Å². The molecule has 2 nitrogen and oxygen atoms in total. The first-order chi connectivity index (χ1) is 9.97. The van der Waals surface area contributed by atoms with Crippen LogP contribution >= 0.6 is 11.6 Å². The number of fused-ring (bicyclic) bond motifs is 1. The number of benzene rings is 2. The highest BCUT2D eigenvalue weighted by Gasteiger charge is 2.17. The highest BCUT2D eigenvalue weighted by molar-refractivity contribution is 6.31. The summed E-state index contributed by atoms with van der Waals surface area (Å²) in [5, 5.41) is 1.28. The molecule has 0 radical (unpaired) electrons. The third kappa shape index (κ3) is 2.32. The van der Waals surface area contributed by atoms with Crippen molar-refractivity contribution in [1.82, 2.24) is 4.57 Å². The maximum Gasteiger partial charge on any atom is 0.195 e. The van der Waals surface area contributed by atoms with E-state index in [0.29, 0.717) is 10.6 Å². The Hall–Kier alpha value is -2.20. The van der Waals surface area contributed by atoms with E-state index in [2.05, 4.69) is 0 Å². The van der Waals surface area contributed by atoms with Gasteiger partial charge >= 0.3 is 0 Å². The molecule has 5 heteroatoms. The minimum absolute atomic E-state index is 0.108. The van der Waals surface area contributed by atoms with Gasteiger partial charge in [0.1, 0.15) is 0 Å². The summed E-state index contributed by atoms with van der Waals surface area (Å²) in [7, 11) is 1.79. The number of aryl methyl sites for hydroxylation is 1. The van der Waals surface area contributed by atoms with Gasteiger partial charge < -0.3 is 4.57 Å². The minimum Gasteiger partial charge on any atom is -0.350 e. The van der Waals surface area contributed by atoms with Crippen molar-refractivity contribution in [3.05, 3.63) is 70.4 Å². The van der Waals surface area contributed by atoms with Gasteiger partial charge in [-0.05, 0) is 30.3 Å². The van der Waals surface area contributed by atoms with E-state index in [9.17, 15) is 13.6 Å². The Morgan fingerprint density at radius 1 is 1.10 bits per heavy atom. The highest BCUT2D eigenvalue weighted by atomic mass is 35.5. The fourth-order valence-electron chi connectivity index (χ4n) is 2.33. The smallest absolute Gasteiger partial charge is 0.195 e. The zero-order chi connectivity index (χ0) is 15.1. The van der Waals surface area contributed by atoms with Crippen molar-refractivity contribution in [3.63, 3.8) is 0 Å². The lowest BCUT2D eigenvalue weighted by Crippen LogP contribution is -2.02. The molecule has 3 rings (SSSR count). The molecule has 0 N–H and O–H groups in total. The molecule has 0 aliphatic rings. The number of carbonyl (C=O) groups excluding carboxylic acids is 1. The summed E-state index contributed by atoms with van der Waals surface area (Å²) in [5.41, 5.74) is 1.33. The van der Waals surface area contributed by atoms with Crippen molar-refractivity contribution in [3.8, 4) is 0 Å². The molecule has 0 aliphatic heterocycles. The van der Waals surface area contributed by atoms with E-state index in [-0.39, 0.29) is 11.3 Å². The van der Waals surface area contributed by atoms with Crippen molar-refractivity contribution >= 4 is 28.3 Å². The van der Waals surface area contributed by atoms with Crippen LogP contribution < -0.4 is 0 Å². The largest absolute Gasteiger partial charge is 0.350 e. The number of rotatable bonds is 2. The molecular formula is C16H10ClF2NO. The van der Waals surface area contributed by atoms with E-state index in [1.807, 2.05) is 0 Å². The van der Waals surface area contributed by atoms with E-state index < -0.39 is 11.6 Å². The van der Waals surface area contributed by atoms with Crippen LogP contribution in [0.5, 0.6) is 0 Å². The van der Waals surface area contributed by atoms with Crippen LogP contribution in [0.1, 0.15) is 15.9 Å². The molecule has 0 atom stereocenters. The number of ketones is 1. The number of halogens is 3. The van der Waals surface area contributed by atoms with Crippen LogP contribution in [0.4, 0.5) is 8.78 Å². The molecule has 0 bridgehead atoms. The van der Waals surface area contributed by atoms with Crippen LogP contribution in [-0.4, -0.2) is 10.4 Å². The zero-order valence-electron chi connectivity index (χ0n) is 11.0. The van der Waals surface area contributed by atoms with Crippen molar-refractivity contribution < 1.29 is 13.6 Å². The Labute approximate surface area is 124 Å². The van der Waals surface area contributed by atoms with Gasteiger partial charge in [0.25, 0.3) is 0 Å². The molecule has 0 saturated carbocycles. The Kier molecular flexibility index (Phi) is 3.26. The van der Waals surface area contributed by atoms with Gasteiger partial charge in [0.05, 0.1) is 0 Å². The molecule has 0 unspecified atom stereocenters. The molecule has 1 heterocycles. The van der Waals surface area contributed by atoms with Crippen LogP contribution in [0.15, 0.2) is 42.6 Å². The zero-order valence-corrected chi connectivity index (χ0v) is 11.8. The van der Waals surface area contributed by atoms with Gasteiger partial charge in [0.15, 0.2) is 17.4 Å². The van der Waals surface area contributed by atoms with Crippen LogP contribution in [0.2, 0.25) is 5.02 Å². The summed E-state index contributed by atoms with van der Waals surface area (Å²) >= 11 is 5.95. The fourth-order valence-corrected chi connectivity index (χ4v) is 2.50. The number of hydrogen-bond donors (Lipinski definition) is 0. The fraction of sp³-hybridized carbons (Fsp3) is 0.0625. The van der Waals surface area contributed by atoms with Crippen molar-refractivity contribution in [2.24, 2.45) is 7.05 Å². The summed E-state index contributed by atoms with van der Waals surface area (Å²) in [6, 6.07) is 8.31. The molecule has 0 aliphatic carbocycles. The van der Waals surface area contributed by atoms with E-state index in [1.165, 1.54) is 6.07 Å². The topological polar surface area (TPSA) is 22.0 Å². The Morgan fingerprint density at radius 3 is 2.57 bits per heavy atom. The average molecular weight is 306 g/mol. The first-order valence-corrected chi connectivity index (χ1v) is 6.59. The first-order valence-electron chi connectivity index (χ1n) is 6.21. The SMILES string of the molecule is Cn1cc(C(=O)c2ccc(F)c(F)c2)c2ccc(Cl)cc21. The van der Waals surface area contributed by atoms with Crippen LogP contribution in [0, 0.1) is 11.6 Å². The molecule has 1 aromatic heterocycles. The Bertz CT molecular complexity index is 870. The summed E-state index contributed by atoms with van der Waals surface area (Å²) in [6.45, 7) is 0. The number of hydrogen-bond acceptors (Lipinski definition) is 1. The number of nitrogens with zero attached hydrogens (tertiary/aromatic N) is 1. The molecule has 0 fully saturated rings. The second-order valence-corrected chi connectivity index (χ2v) is 5.21. The third-order valence-electron chi connectivity index (χ3n) is 3.38. The second kappa shape index (κ2) is 4.97. The molecule has 21 heavy (non-hydrogen) atoms. The maximum atomic E-state index is 13.3. The van der Waals surface area contributed by atoms with Gasteiger partial charge in [-0.25, -0.2) is 8.78 Å². The Balaban J connectivity index is 2.15. The molecule has 2 aromatic carbocycles. The van der Waals surface area contributed by atoms with Crippen molar-refractivity contribution in [2.45, 2.75) is 0 Å². The highest BCUT2D eigenvalue weighted by Crippen LogP contribution is 2.26. The van der Waals surface area contributed by atoms with Gasteiger partial charge in [-0.15, -0.1) is 0 Å². The standard InChI is InChI=1S/C16H10ClF2NO/c1-20-8-12(11-4-3-10(17)7-15(11)20)16(21)9-2-5-13(18)14(19)6-9/h2-8H,1H3. The van der Waals surface area contributed by atoms with Gasteiger partial charge in [0.2, 0.25) is 0 Å². The molecule has 106 valence electrons. The molecule has 0 saturated heterocycles. The summed E-state index contributed by atoms with van der Waals surface area (Å²) in [5.74, 6) is -2.37. The minimum atomic E-state index is -1.04. The summed E-state index contributed by atoms with van der Waals surface area (Å²) in [4.78, 5) is 12.5. The lowest BCUT2D eigenvalue weighted by Gasteiger charge is -2.01. The third-order valence-corrected chi connectivity index (χ3v) is 3.61. The van der Waals surface area contributed by atoms with Gasteiger partial charge in [0, 0.05) is 40.3 Å². The van der Waals surface area contributed by atoms with Crippen molar-refractivity contribution in [1.29, 1.82) is 0 Å². The van der Waals surface area contributed by atoms with Crippen LogP contribution in [0.25, 0.3) is 10.9 Å². The second-order valence-electron chi connectivity index (χ2n) is 4.77. The van der Waals surface area contributed by atoms with Gasteiger partial charge in [-0.2, -0.15) is 0 Å². The van der Waals surface area contributed by atoms with Crippen LogP contribution in [-0.2, 0) is 7.05 Å². The lowest BCUT2D eigenvalue weighted by atomic mass is 10.0. The number of carbonyl (C=O) groups is 1. The molecule has 0 amide bonds.